The standard InChI is InChI=1S/C16H17FN2O4/c1-4-23-16(22)14-12(20)8-13(21)19(3)15(14)18-11-6-5-9(2)7-10(11)17/h5-8,18,20H,4H2,1-3H3. The largest absolute Gasteiger partial charge is 0.507 e. The summed E-state index contributed by atoms with van der Waals surface area (Å²) in [6.45, 7) is 3.45. The summed E-state index contributed by atoms with van der Waals surface area (Å²) in [5.41, 5.74) is 0.0182. The van der Waals surface area contributed by atoms with Crippen LogP contribution in [0.3, 0.4) is 0 Å². The van der Waals surface area contributed by atoms with E-state index in [9.17, 15) is 19.1 Å². The monoisotopic (exact) mass is 320 g/mol. The van der Waals surface area contributed by atoms with Crippen LogP contribution >= 0.6 is 0 Å². The van der Waals surface area contributed by atoms with Crippen molar-refractivity contribution in [2.75, 3.05) is 11.9 Å². The minimum atomic E-state index is -0.810. The Kier molecular flexibility index (Phi) is 4.68. The smallest absolute Gasteiger partial charge is 0.345 e. The molecular weight excluding hydrogens is 303 g/mol. The molecule has 1 aromatic carbocycles. The Morgan fingerprint density at radius 3 is 2.70 bits per heavy atom. The number of carbonyl (C=O) groups excluding carboxylic acids is 1. The number of benzene rings is 1. The number of halogens is 1. The van der Waals surface area contributed by atoms with Gasteiger partial charge in [-0.2, -0.15) is 0 Å². The minimum absolute atomic E-state index is 0.0452. The van der Waals surface area contributed by atoms with Gasteiger partial charge in [0.25, 0.3) is 5.56 Å². The third-order valence-corrected chi connectivity index (χ3v) is 3.28. The second kappa shape index (κ2) is 6.51. The van der Waals surface area contributed by atoms with Gasteiger partial charge in [0.15, 0.2) is 0 Å². The summed E-state index contributed by atoms with van der Waals surface area (Å²) in [5, 5.41) is 12.6. The van der Waals surface area contributed by atoms with Gasteiger partial charge in [0, 0.05) is 13.1 Å². The molecular formula is C16H17FN2O4. The predicted octanol–water partition coefficient (Wildman–Crippen LogP) is 2.46. The Morgan fingerprint density at radius 1 is 1.39 bits per heavy atom. The fourth-order valence-corrected chi connectivity index (χ4v) is 2.09. The maximum Gasteiger partial charge on any atom is 0.345 e. The van der Waals surface area contributed by atoms with Crippen LogP contribution in [0.1, 0.15) is 22.8 Å². The summed E-state index contributed by atoms with van der Waals surface area (Å²) in [5.74, 6) is -1.93. The number of aryl methyl sites for hydroxylation is 1. The van der Waals surface area contributed by atoms with Gasteiger partial charge in [0.1, 0.15) is 22.9 Å². The van der Waals surface area contributed by atoms with Gasteiger partial charge >= 0.3 is 5.97 Å². The molecule has 2 rings (SSSR count). The summed E-state index contributed by atoms with van der Waals surface area (Å²) >= 11 is 0. The molecule has 0 aliphatic carbocycles. The molecule has 0 fully saturated rings. The lowest BCUT2D eigenvalue weighted by Gasteiger charge is -2.16. The number of aromatic nitrogens is 1. The van der Waals surface area contributed by atoms with Gasteiger partial charge in [0.2, 0.25) is 0 Å². The molecule has 2 aromatic rings. The summed E-state index contributed by atoms with van der Waals surface area (Å²) in [6.07, 6.45) is 0. The third kappa shape index (κ3) is 3.33. The van der Waals surface area contributed by atoms with Crippen molar-refractivity contribution < 1.29 is 19.0 Å². The highest BCUT2D eigenvalue weighted by molar-refractivity contribution is 5.98. The highest BCUT2D eigenvalue weighted by Gasteiger charge is 2.22. The molecule has 0 saturated carbocycles. The van der Waals surface area contributed by atoms with Gasteiger partial charge < -0.3 is 15.2 Å². The normalized spacial score (nSPS) is 10.4. The Bertz CT molecular complexity index is 814. The van der Waals surface area contributed by atoms with Crippen LogP contribution in [0, 0.1) is 12.7 Å². The van der Waals surface area contributed by atoms with E-state index >= 15 is 0 Å². The van der Waals surface area contributed by atoms with Crippen molar-refractivity contribution in [2.45, 2.75) is 13.8 Å². The van der Waals surface area contributed by atoms with E-state index in [1.165, 1.54) is 19.2 Å². The molecule has 0 unspecified atom stereocenters. The lowest BCUT2D eigenvalue weighted by atomic mass is 10.2. The number of rotatable bonds is 4. The van der Waals surface area contributed by atoms with Gasteiger partial charge in [-0.05, 0) is 31.5 Å². The molecule has 0 aliphatic rings. The number of anilines is 2. The van der Waals surface area contributed by atoms with Crippen LogP contribution in [0.5, 0.6) is 5.75 Å². The number of ether oxygens (including phenoxy) is 1. The fraction of sp³-hybridized carbons (Fsp3) is 0.250. The lowest BCUT2D eigenvalue weighted by Crippen LogP contribution is -2.23. The number of nitrogens with zero attached hydrogens (tertiary/aromatic N) is 1. The van der Waals surface area contributed by atoms with Crippen molar-refractivity contribution in [3.8, 4) is 5.75 Å². The van der Waals surface area contributed by atoms with Crippen molar-refractivity contribution in [3.05, 3.63) is 51.6 Å². The fourth-order valence-electron chi connectivity index (χ4n) is 2.09. The van der Waals surface area contributed by atoms with Crippen molar-refractivity contribution in [3.63, 3.8) is 0 Å². The second-order valence-electron chi connectivity index (χ2n) is 4.98. The SMILES string of the molecule is CCOC(=O)c1c(O)cc(=O)n(C)c1Nc1ccc(C)cc1F. The van der Waals surface area contributed by atoms with Crippen LogP contribution in [0.2, 0.25) is 0 Å². The third-order valence-electron chi connectivity index (χ3n) is 3.28. The zero-order valence-electron chi connectivity index (χ0n) is 13.0. The van der Waals surface area contributed by atoms with E-state index in [1.54, 1.807) is 19.9 Å². The van der Waals surface area contributed by atoms with E-state index in [2.05, 4.69) is 5.32 Å². The summed E-state index contributed by atoms with van der Waals surface area (Å²) in [7, 11) is 1.40. The Balaban J connectivity index is 2.59. The van der Waals surface area contributed by atoms with Gasteiger partial charge in [-0.1, -0.05) is 6.07 Å². The first kappa shape index (κ1) is 16.5. The molecule has 6 nitrogen and oxygen atoms in total. The van der Waals surface area contributed by atoms with Gasteiger partial charge in [-0.3, -0.25) is 9.36 Å². The van der Waals surface area contributed by atoms with Crippen LogP contribution in [0.25, 0.3) is 0 Å². The number of aromatic hydroxyl groups is 1. The van der Waals surface area contributed by atoms with Crippen LogP contribution in [-0.2, 0) is 11.8 Å². The number of esters is 1. The molecule has 122 valence electrons. The summed E-state index contributed by atoms with van der Waals surface area (Å²) in [6, 6.07) is 5.38. The number of hydrogen-bond donors (Lipinski definition) is 2. The van der Waals surface area contributed by atoms with E-state index in [1.807, 2.05) is 0 Å². The van der Waals surface area contributed by atoms with Crippen LogP contribution in [0.4, 0.5) is 15.9 Å². The maximum absolute atomic E-state index is 14.0. The second-order valence-corrected chi connectivity index (χ2v) is 4.98. The maximum atomic E-state index is 14.0. The van der Waals surface area contributed by atoms with Crippen LogP contribution < -0.4 is 10.9 Å². The van der Waals surface area contributed by atoms with E-state index in [-0.39, 0.29) is 23.7 Å². The van der Waals surface area contributed by atoms with E-state index in [0.29, 0.717) is 0 Å². The van der Waals surface area contributed by atoms with Gasteiger partial charge in [-0.25, -0.2) is 9.18 Å². The van der Waals surface area contributed by atoms with E-state index in [4.69, 9.17) is 4.74 Å². The molecule has 0 atom stereocenters. The Hall–Kier alpha value is -2.83. The Labute approximate surface area is 132 Å². The predicted molar refractivity (Wildman–Crippen MR) is 83.7 cm³/mol. The summed E-state index contributed by atoms with van der Waals surface area (Å²) in [4.78, 5) is 23.9. The average molecular weight is 320 g/mol. The first-order chi connectivity index (χ1) is 10.8. The lowest BCUT2D eigenvalue weighted by molar-refractivity contribution is 0.0523. The number of pyridine rings is 1. The molecule has 0 saturated heterocycles. The molecule has 0 radical (unpaired) electrons. The number of nitrogens with one attached hydrogen (secondary N) is 1. The quantitative estimate of drug-likeness (QED) is 0.846. The average Bonchev–Trinajstić information content (AvgIpc) is 2.47. The number of carbonyl (C=O) groups is 1. The van der Waals surface area contributed by atoms with Crippen molar-refractivity contribution in [1.82, 2.24) is 4.57 Å². The summed E-state index contributed by atoms with van der Waals surface area (Å²) < 4.78 is 20.0. The highest BCUT2D eigenvalue weighted by atomic mass is 19.1. The first-order valence-corrected chi connectivity index (χ1v) is 6.98. The minimum Gasteiger partial charge on any atom is -0.507 e. The highest BCUT2D eigenvalue weighted by Crippen LogP contribution is 2.28. The van der Waals surface area contributed by atoms with Crippen LogP contribution in [-0.4, -0.2) is 22.2 Å². The van der Waals surface area contributed by atoms with E-state index in [0.717, 1.165) is 16.2 Å². The van der Waals surface area contributed by atoms with Crippen molar-refractivity contribution in [1.29, 1.82) is 0 Å². The Morgan fingerprint density at radius 2 is 2.09 bits per heavy atom. The zero-order valence-corrected chi connectivity index (χ0v) is 13.0. The van der Waals surface area contributed by atoms with Gasteiger partial charge in [0.05, 0.1) is 12.3 Å². The van der Waals surface area contributed by atoms with Crippen LogP contribution in [0.15, 0.2) is 29.1 Å². The molecule has 0 spiro atoms. The molecule has 0 aliphatic heterocycles. The molecule has 0 amide bonds. The van der Waals surface area contributed by atoms with Crippen molar-refractivity contribution >= 4 is 17.5 Å². The zero-order chi connectivity index (χ0) is 17.1. The van der Waals surface area contributed by atoms with E-state index < -0.39 is 23.1 Å². The van der Waals surface area contributed by atoms with Gasteiger partial charge in [-0.15, -0.1) is 0 Å². The van der Waals surface area contributed by atoms with Crippen molar-refractivity contribution in [2.24, 2.45) is 7.05 Å². The topological polar surface area (TPSA) is 80.6 Å². The molecule has 0 bridgehead atoms. The molecule has 1 heterocycles. The molecule has 7 heteroatoms. The molecule has 23 heavy (non-hydrogen) atoms. The molecule has 2 N–H and O–H groups in total. The first-order valence-electron chi connectivity index (χ1n) is 6.98. The number of hydrogen-bond acceptors (Lipinski definition) is 5. The molecule has 1 aromatic heterocycles.